The van der Waals surface area contributed by atoms with Crippen molar-refractivity contribution in [2.75, 3.05) is 11.9 Å². The molecule has 5 rings (SSSR count). The number of anilines is 1. The van der Waals surface area contributed by atoms with Crippen LogP contribution in [-0.4, -0.2) is 64.7 Å². The van der Waals surface area contributed by atoms with Gasteiger partial charge in [0, 0.05) is 12.0 Å². The Morgan fingerprint density at radius 2 is 1.94 bits per heavy atom. The molecule has 6 N–H and O–H groups in total. The number of hydrogen-bond donors (Lipinski definition) is 5. The zero-order valence-corrected chi connectivity index (χ0v) is 17.9. The van der Waals surface area contributed by atoms with Crippen molar-refractivity contribution in [3.05, 3.63) is 53.5 Å². The van der Waals surface area contributed by atoms with Crippen LogP contribution >= 0.6 is 0 Å². The molecular weight excluding hydrogens is 456 g/mol. The topological polar surface area (TPSA) is 190 Å². The maximum absolute atomic E-state index is 11.0. The third-order valence-electron chi connectivity index (χ3n) is 5.94. The van der Waals surface area contributed by atoms with Crippen LogP contribution in [0.3, 0.4) is 0 Å². The van der Waals surface area contributed by atoms with Gasteiger partial charge in [-0.05, 0) is 11.1 Å². The summed E-state index contributed by atoms with van der Waals surface area (Å²) in [7, 11) is -4.24. The van der Waals surface area contributed by atoms with E-state index in [1.807, 2.05) is 24.3 Å². The van der Waals surface area contributed by atoms with Crippen LogP contribution in [0.15, 0.2) is 41.3 Å². The zero-order valence-electron chi connectivity index (χ0n) is 17.1. The van der Waals surface area contributed by atoms with E-state index in [0.29, 0.717) is 23.3 Å². The molecule has 6 atom stereocenters. The number of nitrogens with one attached hydrogen (secondary N) is 1. The minimum Gasteiger partial charge on any atom is -0.458 e. The van der Waals surface area contributed by atoms with Crippen LogP contribution in [0.5, 0.6) is 0 Å². The number of rotatable bonds is 6. The summed E-state index contributed by atoms with van der Waals surface area (Å²) in [6.07, 6.45) is -2.54. The number of nitrogens with zero attached hydrogens (tertiary/aromatic N) is 2. The van der Waals surface area contributed by atoms with Gasteiger partial charge in [-0.15, -0.1) is 0 Å². The first-order valence-corrected chi connectivity index (χ1v) is 11.6. The molecule has 0 radical (unpaired) electrons. The number of nitrogens with two attached hydrogens (primary N) is 1. The minimum atomic E-state index is -4.24. The highest BCUT2D eigenvalue weighted by atomic mass is 32.2. The standard InChI is InChI=1S/C20H22N4O8S/c21-33(28,29)31-7-13-16(26)17(27)18(32-13)11-6-30-19-15(11)22-8-23-20(19)24-14-10-4-2-1-3-9(10)5-12(14)25/h1-4,6,8,12-14,16-18,25-27H,5,7H2,(H2,21,28,29)(H,22,23,24)/t12-,13-,14-,16-,17-,18+/m1/s1. The molecule has 3 heterocycles. The van der Waals surface area contributed by atoms with E-state index in [9.17, 15) is 23.7 Å². The molecule has 2 aromatic heterocycles. The van der Waals surface area contributed by atoms with Crippen LogP contribution in [0, 0.1) is 0 Å². The molecule has 1 saturated heterocycles. The molecule has 3 aromatic rings. The molecule has 0 unspecified atom stereocenters. The Balaban J connectivity index is 1.41. The van der Waals surface area contributed by atoms with Crippen molar-refractivity contribution in [3.8, 4) is 0 Å². The predicted octanol–water partition coefficient (Wildman–Crippen LogP) is -0.325. The molecule has 12 nitrogen and oxygen atoms in total. The Hall–Kier alpha value is -2.65. The summed E-state index contributed by atoms with van der Waals surface area (Å²) in [4.78, 5) is 8.47. The zero-order chi connectivity index (χ0) is 23.3. The van der Waals surface area contributed by atoms with Gasteiger partial charge in [0.05, 0.1) is 25.0 Å². The van der Waals surface area contributed by atoms with Gasteiger partial charge in [0.25, 0.3) is 0 Å². The molecule has 1 aliphatic carbocycles. The lowest BCUT2D eigenvalue weighted by molar-refractivity contribution is -0.0155. The van der Waals surface area contributed by atoms with Crippen molar-refractivity contribution in [2.45, 2.75) is 43.0 Å². The van der Waals surface area contributed by atoms with E-state index < -0.39 is 53.5 Å². The normalized spacial score (nSPS) is 29.5. The summed E-state index contributed by atoms with van der Waals surface area (Å²) >= 11 is 0. The molecule has 1 fully saturated rings. The van der Waals surface area contributed by atoms with E-state index in [0.717, 1.165) is 11.1 Å². The average Bonchev–Trinajstić information content (AvgIpc) is 3.42. The quantitative estimate of drug-likeness (QED) is 0.312. The second-order valence-corrected chi connectivity index (χ2v) is 9.26. The van der Waals surface area contributed by atoms with Gasteiger partial charge in [-0.3, -0.25) is 4.18 Å². The van der Waals surface area contributed by atoms with Gasteiger partial charge >= 0.3 is 10.3 Å². The van der Waals surface area contributed by atoms with Gasteiger partial charge in [0.15, 0.2) is 11.4 Å². The van der Waals surface area contributed by atoms with E-state index in [1.54, 1.807) is 0 Å². The number of hydrogen-bond acceptors (Lipinski definition) is 11. The SMILES string of the molecule is NS(=O)(=O)OC[C@H]1O[C@@H](c2coc3c(N[C@@H]4c5ccccc5C[C@H]4O)ncnc23)[C@H](O)[C@@H]1O. The lowest BCUT2D eigenvalue weighted by Gasteiger charge is -2.18. The van der Waals surface area contributed by atoms with Crippen molar-refractivity contribution < 1.29 is 37.1 Å². The number of ether oxygens (including phenoxy) is 1. The van der Waals surface area contributed by atoms with E-state index in [2.05, 4.69) is 19.5 Å². The highest BCUT2D eigenvalue weighted by Gasteiger charge is 2.45. The smallest absolute Gasteiger partial charge is 0.333 e. The summed E-state index contributed by atoms with van der Waals surface area (Å²) in [6, 6.07) is 7.30. The maximum atomic E-state index is 11.0. The van der Waals surface area contributed by atoms with E-state index in [1.165, 1.54) is 12.6 Å². The van der Waals surface area contributed by atoms with Gasteiger partial charge in [-0.1, -0.05) is 24.3 Å². The lowest BCUT2D eigenvalue weighted by Crippen LogP contribution is -2.34. The largest absolute Gasteiger partial charge is 0.458 e. The minimum absolute atomic E-state index is 0.276. The van der Waals surface area contributed by atoms with Crippen molar-refractivity contribution in [1.82, 2.24) is 9.97 Å². The summed E-state index contributed by atoms with van der Waals surface area (Å²) < 4.78 is 37.9. The molecule has 1 aromatic carbocycles. The van der Waals surface area contributed by atoms with Gasteiger partial charge in [-0.2, -0.15) is 8.42 Å². The first kappa shape index (κ1) is 22.2. The van der Waals surface area contributed by atoms with E-state index >= 15 is 0 Å². The molecule has 0 bridgehead atoms. The van der Waals surface area contributed by atoms with Crippen LogP contribution in [0.2, 0.25) is 0 Å². The first-order valence-electron chi connectivity index (χ1n) is 10.2. The third-order valence-corrected chi connectivity index (χ3v) is 6.41. The van der Waals surface area contributed by atoms with E-state index in [-0.39, 0.29) is 5.58 Å². The molecule has 0 amide bonds. The highest BCUT2D eigenvalue weighted by Crippen LogP contribution is 2.40. The van der Waals surface area contributed by atoms with Crippen LogP contribution in [0.1, 0.15) is 28.8 Å². The first-order chi connectivity index (χ1) is 15.7. The van der Waals surface area contributed by atoms with Crippen LogP contribution in [0.25, 0.3) is 11.1 Å². The second-order valence-electron chi connectivity index (χ2n) is 8.04. The van der Waals surface area contributed by atoms with Crippen LogP contribution in [-0.2, 0) is 25.6 Å². The van der Waals surface area contributed by atoms with Crippen molar-refractivity contribution >= 4 is 27.2 Å². The summed E-state index contributed by atoms with van der Waals surface area (Å²) in [6.45, 7) is -0.565. The highest BCUT2D eigenvalue weighted by molar-refractivity contribution is 7.84. The summed E-state index contributed by atoms with van der Waals surface area (Å²) in [5.41, 5.74) is 2.94. The van der Waals surface area contributed by atoms with Crippen LogP contribution in [0.4, 0.5) is 5.82 Å². The number of furan rings is 1. The van der Waals surface area contributed by atoms with Crippen molar-refractivity contribution in [2.24, 2.45) is 5.14 Å². The van der Waals surface area contributed by atoms with Crippen molar-refractivity contribution in [3.63, 3.8) is 0 Å². The fourth-order valence-corrected chi connectivity index (χ4v) is 4.70. The predicted molar refractivity (Wildman–Crippen MR) is 113 cm³/mol. The number of fused-ring (bicyclic) bond motifs is 2. The van der Waals surface area contributed by atoms with Crippen molar-refractivity contribution in [1.29, 1.82) is 0 Å². The average molecular weight is 478 g/mol. The Morgan fingerprint density at radius 3 is 2.73 bits per heavy atom. The maximum Gasteiger partial charge on any atom is 0.333 e. The number of aromatic nitrogens is 2. The summed E-state index contributed by atoms with van der Waals surface area (Å²) in [5.74, 6) is 0.342. The molecular formula is C20H22N4O8S. The van der Waals surface area contributed by atoms with E-state index in [4.69, 9.17) is 14.3 Å². The molecule has 2 aliphatic rings. The van der Waals surface area contributed by atoms with Gasteiger partial charge in [-0.25, -0.2) is 15.1 Å². The number of benzene rings is 1. The van der Waals surface area contributed by atoms with Gasteiger partial charge in [0.2, 0.25) is 0 Å². The van der Waals surface area contributed by atoms with Gasteiger partial charge in [0.1, 0.15) is 36.3 Å². The number of aliphatic hydroxyl groups is 3. The third kappa shape index (κ3) is 4.08. The molecule has 1 aliphatic heterocycles. The molecule has 176 valence electrons. The van der Waals surface area contributed by atoms with Crippen LogP contribution < -0.4 is 10.5 Å². The molecule has 33 heavy (non-hydrogen) atoms. The fraction of sp³-hybridized carbons (Fsp3) is 0.400. The summed E-state index contributed by atoms with van der Waals surface area (Å²) in [5, 5.41) is 39.3. The molecule has 0 saturated carbocycles. The number of aliphatic hydroxyl groups excluding tert-OH is 3. The lowest BCUT2D eigenvalue weighted by atomic mass is 10.0. The Labute approximate surface area is 188 Å². The monoisotopic (exact) mass is 478 g/mol. The Bertz CT molecular complexity index is 1280. The molecule has 13 heteroatoms. The second kappa shape index (κ2) is 8.29. The fourth-order valence-electron chi connectivity index (χ4n) is 4.37. The Morgan fingerprint density at radius 1 is 1.15 bits per heavy atom. The Kier molecular flexibility index (Phi) is 5.56. The molecule has 0 spiro atoms. The van der Waals surface area contributed by atoms with Gasteiger partial charge < -0.3 is 29.8 Å².